The van der Waals surface area contributed by atoms with Gasteiger partial charge in [0.1, 0.15) is 0 Å². The third-order valence-corrected chi connectivity index (χ3v) is 9.26. The van der Waals surface area contributed by atoms with Crippen LogP contribution in [0.2, 0.25) is 0 Å². The molecule has 5 atom stereocenters. The molecule has 4 amide bonds. The Morgan fingerprint density at radius 2 is 1.02 bits per heavy atom. The molecular formula is C40H53ClF6N4O6. The van der Waals surface area contributed by atoms with Gasteiger partial charge in [0.25, 0.3) is 0 Å². The fourth-order valence-corrected chi connectivity index (χ4v) is 6.01. The Balaban J connectivity index is 0.000000570. The monoisotopic (exact) mass is 834 g/mol. The Morgan fingerprint density at radius 3 is 1.42 bits per heavy atom. The zero-order valence-corrected chi connectivity index (χ0v) is 33.3. The summed E-state index contributed by atoms with van der Waals surface area (Å²) in [6.45, 7) is 6.12. The molecule has 0 heterocycles. The van der Waals surface area contributed by atoms with E-state index in [2.05, 4.69) is 10.6 Å². The maximum Gasteiger partial charge on any atom is 0.471 e. The lowest BCUT2D eigenvalue weighted by Crippen LogP contribution is -2.40. The zero-order valence-electron chi connectivity index (χ0n) is 32.5. The van der Waals surface area contributed by atoms with Gasteiger partial charge in [-0.05, 0) is 67.9 Å². The van der Waals surface area contributed by atoms with E-state index in [1.165, 1.54) is 13.8 Å². The van der Waals surface area contributed by atoms with E-state index >= 15 is 0 Å². The Labute approximate surface area is 334 Å². The van der Waals surface area contributed by atoms with Gasteiger partial charge in [0.05, 0.1) is 17.5 Å². The van der Waals surface area contributed by atoms with Gasteiger partial charge >= 0.3 is 24.2 Å². The molecule has 1 unspecified atom stereocenters. The van der Waals surface area contributed by atoms with Crippen LogP contribution in [0.3, 0.4) is 0 Å². The fraction of sp³-hybridized carbons (Fsp3) is 0.550. The van der Waals surface area contributed by atoms with Gasteiger partial charge in [-0.15, -0.1) is 11.6 Å². The third kappa shape index (κ3) is 22.2. The van der Waals surface area contributed by atoms with Crippen LogP contribution in [0.4, 0.5) is 26.3 Å². The van der Waals surface area contributed by atoms with Gasteiger partial charge in [-0.3, -0.25) is 28.8 Å². The summed E-state index contributed by atoms with van der Waals surface area (Å²) in [4.78, 5) is 69.5. The van der Waals surface area contributed by atoms with Gasteiger partial charge in [0, 0.05) is 39.8 Å². The number of nitrogens with one attached hydrogen (secondary N) is 4. The summed E-state index contributed by atoms with van der Waals surface area (Å²) in [6.07, 6.45) is -6.73. The van der Waals surface area contributed by atoms with Gasteiger partial charge in [-0.2, -0.15) is 26.3 Å². The van der Waals surface area contributed by atoms with Crippen LogP contribution >= 0.6 is 11.6 Å². The molecular weight excluding hydrogens is 782 g/mol. The second kappa shape index (κ2) is 25.7. The van der Waals surface area contributed by atoms with E-state index in [1.807, 2.05) is 74.5 Å². The van der Waals surface area contributed by atoms with Crippen molar-refractivity contribution in [3.05, 3.63) is 71.8 Å². The molecule has 0 radical (unpaired) electrons. The van der Waals surface area contributed by atoms with Crippen molar-refractivity contribution in [1.82, 2.24) is 21.3 Å². The number of carbonyl (C=O) groups excluding carboxylic acids is 6. The molecule has 2 rings (SSSR count). The molecule has 10 nitrogen and oxygen atoms in total. The lowest BCUT2D eigenvalue weighted by atomic mass is 9.91. The Hall–Kier alpha value is -4.47. The summed E-state index contributed by atoms with van der Waals surface area (Å²) >= 11 is 6.45. The average molecular weight is 835 g/mol. The number of ketones is 2. The van der Waals surface area contributed by atoms with E-state index in [0.29, 0.717) is 25.7 Å². The number of halogens is 7. The summed E-state index contributed by atoms with van der Waals surface area (Å²) < 4.78 is 72.7. The van der Waals surface area contributed by atoms with Gasteiger partial charge < -0.3 is 21.3 Å². The lowest BCUT2D eigenvalue weighted by Gasteiger charge is -2.22. The topological polar surface area (TPSA) is 151 Å². The molecule has 2 aromatic carbocycles. The highest BCUT2D eigenvalue weighted by molar-refractivity contribution is 6.21. The number of benzene rings is 2. The summed E-state index contributed by atoms with van der Waals surface area (Å²) in [5.74, 6) is -5.03. The number of Topliss-reactive ketones (excluding diaryl/α,β-unsaturated/α-hetero) is 2. The average Bonchev–Trinajstić information content (AvgIpc) is 3.12. The maximum atomic E-state index is 12.6. The number of amides is 4. The minimum atomic E-state index is -4.92. The van der Waals surface area contributed by atoms with Crippen molar-refractivity contribution in [2.75, 3.05) is 13.1 Å². The predicted octanol–water partition coefficient (Wildman–Crippen LogP) is 7.09. The van der Waals surface area contributed by atoms with E-state index in [1.54, 1.807) is 10.6 Å². The minimum absolute atomic E-state index is 0.0947. The number of carbonyl (C=O) groups is 6. The zero-order chi connectivity index (χ0) is 43.2. The van der Waals surface area contributed by atoms with Gasteiger partial charge in [-0.25, -0.2) is 0 Å². The van der Waals surface area contributed by atoms with Crippen molar-refractivity contribution in [1.29, 1.82) is 0 Å². The van der Waals surface area contributed by atoms with Gasteiger partial charge in [0.2, 0.25) is 11.8 Å². The van der Waals surface area contributed by atoms with Gasteiger partial charge in [0.15, 0.2) is 11.6 Å². The molecule has 0 aliphatic rings. The molecule has 0 fully saturated rings. The van der Waals surface area contributed by atoms with Crippen molar-refractivity contribution >= 4 is 46.8 Å². The van der Waals surface area contributed by atoms with Crippen molar-refractivity contribution in [3.63, 3.8) is 0 Å². The van der Waals surface area contributed by atoms with Crippen LogP contribution in [-0.2, 0) is 35.2 Å². The molecule has 4 N–H and O–H groups in total. The molecule has 0 aliphatic heterocycles. The van der Waals surface area contributed by atoms with E-state index in [-0.39, 0.29) is 79.4 Å². The quantitative estimate of drug-likeness (QED) is 0.0565. The summed E-state index contributed by atoms with van der Waals surface area (Å²) in [6, 6.07) is 17.7. The molecule has 2 aromatic rings. The number of hydrogen-bond donors (Lipinski definition) is 4. The van der Waals surface area contributed by atoms with E-state index < -0.39 is 36.3 Å². The molecule has 0 saturated carbocycles. The number of rotatable bonds is 22. The highest BCUT2D eigenvalue weighted by atomic mass is 35.5. The molecule has 17 heteroatoms. The highest BCUT2D eigenvalue weighted by Gasteiger charge is 2.39. The van der Waals surface area contributed by atoms with Crippen molar-refractivity contribution in [2.24, 2.45) is 11.8 Å². The molecule has 57 heavy (non-hydrogen) atoms. The Morgan fingerprint density at radius 1 is 0.614 bits per heavy atom. The van der Waals surface area contributed by atoms with E-state index in [9.17, 15) is 55.1 Å². The van der Waals surface area contributed by atoms with E-state index in [0.717, 1.165) is 17.5 Å². The van der Waals surface area contributed by atoms with Crippen LogP contribution in [0.1, 0.15) is 95.6 Å². The van der Waals surface area contributed by atoms with Crippen LogP contribution < -0.4 is 21.3 Å². The summed E-state index contributed by atoms with van der Waals surface area (Å²) in [5, 5.41) is 8.41. The SMILES string of the molecule is CC(=O)N[C@@H](CCCCNC(=O)C(F)(F)F)C(=O)C[C@@H](C)C(Cl)c1ccccc1.CC(=O)N[C@@H](CCCCNC(=O)C(F)(F)F)C(=O)C[C@@H](C)Cc1ccccc1. The van der Waals surface area contributed by atoms with Crippen LogP contribution in [0.25, 0.3) is 0 Å². The largest absolute Gasteiger partial charge is 0.471 e. The second-order valence-corrected chi connectivity index (χ2v) is 14.4. The Bertz CT molecular complexity index is 1560. The second-order valence-electron chi connectivity index (χ2n) is 13.9. The molecule has 0 spiro atoms. The van der Waals surface area contributed by atoms with Crippen LogP contribution in [0.15, 0.2) is 60.7 Å². The Kier molecular flexibility index (Phi) is 22.8. The standard InChI is InChI=1S/C20H26ClF3N2O3.C20H27F3N2O3/c1-13(18(21)15-8-4-3-5-9-15)12-17(28)16(26-14(2)27)10-6-7-11-25-19(29)20(22,23)24;1-14(12-16-8-4-3-5-9-16)13-18(27)17(25-15(2)26)10-6-7-11-24-19(28)20(21,22)23/h3-5,8-9,13,16,18H,6-7,10-12H2,1-2H3,(H,25,29)(H,26,27);3-5,8-9,14,17H,6-7,10-13H2,1-2H3,(H,24,28)(H,25,26)/t13-,16+,18?;14-,17-/m10/s1. The molecule has 0 aromatic heterocycles. The van der Waals surface area contributed by atoms with E-state index in [4.69, 9.17) is 11.6 Å². The first-order chi connectivity index (χ1) is 26.6. The predicted molar refractivity (Wildman–Crippen MR) is 204 cm³/mol. The van der Waals surface area contributed by atoms with Crippen molar-refractivity contribution < 1.29 is 55.1 Å². The number of hydrogen-bond acceptors (Lipinski definition) is 6. The van der Waals surface area contributed by atoms with Crippen LogP contribution in [0.5, 0.6) is 0 Å². The molecule has 0 saturated heterocycles. The van der Waals surface area contributed by atoms with Gasteiger partial charge in [-0.1, -0.05) is 74.5 Å². The minimum Gasteiger partial charge on any atom is -0.348 e. The first kappa shape index (κ1) is 50.5. The molecule has 0 aliphatic carbocycles. The highest BCUT2D eigenvalue weighted by Crippen LogP contribution is 2.31. The first-order valence-corrected chi connectivity index (χ1v) is 19.1. The molecule has 0 bridgehead atoms. The smallest absolute Gasteiger partial charge is 0.348 e. The third-order valence-electron chi connectivity index (χ3n) is 8.57. The maximum absolute atomic E-state index is 12.6. The number of alkyl halides is 7. The normalized spacial score (nSPS) is 14.0. The summed E-state index contributed by atoms with van der Waals surface area (Å²) in [7, 11) is 0. The number of unbranched alkanes of at least 4 members (excludes halogenated alkanes) is 2. The molecule has 318 valence electrons. The van der Waals surface area contributed by atoms with Crippen molar-refractivity contribution in [2.45, 2.75) is 115 Å². The summed E-state index contributed by atoms with van der Waals surface area (Å²) in [5.41, 5.74) is 2.02. The van der Waals surface area contributed by atoms with Crippen molar-refractivity contribution in [3.8, 4) is 0 Å². The first-order valence-electron chi connectivity index (χ1n) is 18.6. The van der Waals surface area contributed by atoms with Crippen LogP contribution in [0, 0.1) is 11.8 Å². The lowest BCUT2D eigenvalue weighted by molar-refractivity contribution is -0.173. The fourth-order valence-electron chi connectivity index (χ4n) is 5.77. The van der Waals surface area contributed by atoms with Crippen LogP contribution in [-0.4, -0.2) is 72.7 Å².